The Kier molecular flexibility index (Phi) is 13.5. The van der Waals surface area contributed by atoms with Gasteiger partial charge in [-0.25, -0.2) is 4.79 Å². The molecule has 0 aromatic rings. The third kappa shape index (κ3) is 10.5. The van der Waals surface area contributed by atoms with Crippen LogP contribution in [0.15, 0.2) is 0 Å². The van der Waals surface area contributed by atoms with Gasteiger partial charge in [0, 0.05) is 19.6 Å². The van der Waals surface area contributed by atoms with Gasteiger partial charge in [-0.2, -0.15) is 0 Å². The lowest BCUT2D eigenvalue weighted by molar-refractivity contribution is -0.138. The number of aldehydes is 1. The first-order valence-electron chi connectivity index (χ1n) is 15.4. The van der Waals surface area contributed by atoms with Gasteiger partial charge in [0.05, 0.1) is 12.1 Å². The molecular weight excluding hydrogens is 572 g/mol. The lowest BCUT2D eigenvalue weighted by Gasteiger charge is -2.37. The minimum atomic E-state index is -0.883. The van der Waals surface area contributed by atoms with E-state index in [2.05, 4.69) is 28.2 Å². The monoisotopic (exact) mass is 624 g/mol. The van der Waals surface area contributed by atoms with Gasteiger partial charge in [-0.15, -0.1) is 0 Å². The molecule has 43 heavy (non-hydrogen) atoms. The number of amides is 5. The minimum absolute atomic E-state index is 0.0886. The van der Waals surface area contributed by atoms with Crippen molar-refractivity contribution >= 4 is 48.6 Å². The fourth-order valence-electron chi connectivity index (χ4n) is 5.55. The summed E-state index contributed by atoms with van der Waals surface area (Å²) in [6.07, 6.45) is 8.33. The zero-order valence-electron chi connectivity index (χ0n) is 26.6. The van der Waals surface area contributed by atoms with Gasteiger partial charge in [-0.1, -0.05) is 73.6 Å². The molecule has 2 heterocycles. The molecule has 0 bridgehead atoms. The number of urea groups is 1. The lowest BCUT2D eigenvalue weighted by Crippen LogP contribution is -2.61. The van der Waals surface area contributed by atoms with Crippen molar-refractivity contribution in [3.05, 3.63) is 0 Å². The summed E-state index contributed by atoms with van der Waals surface area (Å²) in [7, 11) is 0. The summed E-state index contributed by atoms with van der Waals surface area (Å²) in [6, 6.07) is -2.99. The molecule has 5 N–H and O–H groups in total. The van der Waals surface area contributed by atoms with Crippen LogP contribution in [0.1, 0.15) is 92.9 Å². The fraction of sp³-hybridized carbons (Fsp3) is 0.800. The number of carbonyl (C=O) groups is 6. The van der Waals surface area contributed by atoms with Gasteiger partial charge in [-0.3, -0.25) is 23.9 Å². The number of rotatable bonds is 10. The predicted octanol–water partition coefficient (Wildman–Crippen LogP) is 1.96. The molecule has 0 radical (unpaired) electrons. The molecule has 0 aromatic carbocycles. The van der Waals surface area contributed by atoms with E-state index in [9.17, 15) is 28.8 Å². The van der Waals surface area contributed by atoms with E-state index in [1.54, 1.807) is 9.80 Å². The molecular formula is C30H52N6O6S. The summed E-state index contributed by atoms with van der Waals surface area (Å²) >= 11 is 3.81. The van der Waals surface area contributed by atoms with Crippen molar-refractivity contribution in [1.29, 1.82) is 0 Å². The van der Waals surface area contributed by atoms with E-state index >= 15 is 0 Å². The summed E-state index contributed by atoms with van der Waals surface area (Å²) in [6.45, 7) is 13.3. The zero-order valence-corrected chi connectivity index (χ0v) is 27.5. The highest BCUT2D eigenvalue weighted by Gasteiger charge is 2.41. The number of nitrogens with one attached hydrogen (secondary N) is 3. The average Bonchev–Trinajstić information content (AvgIpc) is 3.60. The van der Waals surface area contributed by atoms with Crippen LogP contribution in [0, 0.1) is 16.7 Å². The second-order valence-electron chi connectivity index (χ2n) is 14.1. The van der Waals surface area contributed by atoms with Crippen molar-refractivity contribution in [3.8, 4) is 0 Å². The van der Waals surface area contributed by atoms with E-state index in [1.165, 1.54) is 6.42 Å². The minimum Gasteiger partial charge on any atom is -0.363 e. The highest BCUT2D eigenvalue weighted by molar-refractivity contribution is 7.78. The Labute approximate surface area is 261 Å². The highest BCUT2D eigenvalue weighted by atomic mass is 32.1. The molecule has 4 unspecified atom stereocenters. The van der Waals surface area contributed by atoms with Crippen LogP contribution in [0.2, 0.25) is 0 Å². The van der Waals surface area contributed by atoms with E-state index in [0.29, 0.717) is 38.4 Å². The number of Topliss-reactive ketones (excluding diaryl/α,β-unsaturated/α-hetero) is 1. The van der Waals surface area contributed by atoms with Crippen molar-refractivity contribution in [2.24, 2.45) is 22.5 Å². The van der Waals surface area contributed by atoms with Crippen LogP contribution in [0.3, 0.4) is 0 Å². The van der Waals surface area contributed by atoms with Crippen molar-refractivity contribution in [3.63, 3.8) is 0 Å². The second kappa shape index (κ2) is 15.9. The zero-order chi connectivity index (χ0) is 32.5. The first kappa shape index (κ1) is 36.5. The van der Waals surface area contributed by atoms with Crippen LogP contribution in [0.25, 0.3) is 0 Å². The first-order chi connectivity index (χ1) is 20.0. The van der Waals surface area contributed by atoms with Gasteiger partial charge in [0.25, 0.3) is 5.91 Å². The van der Waals surface area contributed by atoms with Crippen LogP contribution in [-0.2, 0) is 24.0 Å². The number of primary amides is 1. The third-order valence-electron chi connectivity index (χ3n) is 8.44. The third-order valence-corrected chi connectivity index (χ3v) is 8.75. The standard InChI is InChI=1S/C22H38N4O4.C8H14N2O2S/c1-21(2,3)16(18(28)25-11-7-8-12-25)23-20(30)24-17(22(4,5)6)19(29)26-13-9-10-15(26)14-27;9-8(12)7(11)6(10-13)4-5-2-1-3-5/h14-17H,7-13H2,1-6H3,(H2,23,24,30);5-6,10,13H,1-4H2,(H2,9,12). The average molecular weight is 625 g/mol. The molecule has 2 aliphatic heterocycles. The molecule has 2 saturated heterocycles. The molecule has 3 aliphatic rings. The highest BCUT2D eigenvalue weighted by Crippen LogP contribution is 2.31. The molecule has 4 atom stereocenters. The molecule has 3 fully saturated rings. The Morgan fingerprint density at radius 3 is 1.79 bits per heavy atom. The maximum Gasteiger partial charge on any atom is 0.316 e. The van der Waals surface area contributed by atoms with E-state index in [0.717, 1.165) is 38.4 Å². The number of likely N-dealkylation sites (tertiary alicyclic amines) is 2. The summed E-state index contributed by atoms with van der Waals surface area (Å²) in [4.78, 5) is 75.5. The Bertz CT molecular complexity index is 1020. The molecule has 12 nitrogen and oxygen atoms in total. The molecule has 3 rings (SSSR count). The smallest absolute Gasteiger partial charge is 0.316 e. The largest absolute Gasteiger partial charge is 0.363 e. The van der Waals surface area contributed by atoms with Crippen molar-refractivity contribution in [1.82, 2.24) is 25.2 Å². The van der Waals surface area contributed by atoms with Gasteiger partial charge >= 0.3 is 6.03 Å². The summed E-state index contributed by atoms with van der Waals surface area (Å²) in [5.41, 5.74) is 3.85. The van der Waals surface area contributed by atoms with E-state index in [-0.39, 0.29) is 11.8 Å². The molecule has 5 amide bonds. The number of carbonyl (C=O) groups excluding carboxylic acids is 6. The Morgan fingerprint density at radius 1 is 0.837 bits per heavy atom. The van der Waals surface area contributed by atoms with Crippen LogP contribution in [0.5, 0.6) is 0 Å². The normalized spacial score (nSPS) is 21.0. The Morgan fingerprint density at radius 2 is 1.37 bits per heavy atom. The summed E-state index contributed by atoms with van der Waals surface area (Å²) in [5, 5.41) is 5.62. The van der Waals surface area contributed by atoms with Crippen molar-refractivity contribution in [2.75, 3.05) is 19.6 Å². The SMILES string of the molecule is CC(C)(C)C(NC(=O)NC(C(=O)N1CCCC1C=O)C(C)(C)C)C(=O)N1CCCC1.NC(=O)C(=O)C(CC1CCC1)NS. The van der Waals surface area contributed by atoms with Gasteiger partial charge in [0.2, 0.25) is 17.6 Å². The van der Waals surface area contributed by atoms with Crippen LogP contribution in [0.4, 0.5) is 4.79 Å². The van der Waals surface area contributed by atoms with E-state index in [4.69, 9.17) is 5.73 Å². The number of hydrogen-bond donors (Lipinski definition) is 5. The molecule has 244 valence electrons. The first-order valence-corrected chi connectivity index (χ1v) is 15.8. The fourth-order valence-corrected chi connectivity index (χ4v) is 5.77. The van der Waals surface area contributed by atoms with E-state index < -0.39 is 52.7 Å². The predicted molar refractivity (Wildman–Crippen MR) is 167 cm³/mol. The van der Waals surface area contributed by atoms with Crippen molar-refractivity contribution < 1.29 is 28.8 Å². The number of nitrogens with zero attached hydrogens (tertiary/aromatic N) is 2. The van der Waals surface area contributed by atoms with Crippen LogP contribution >= 0.6 is 12.8 Å². The van der Waals surface area contributed by atoms with Gasteiger partial charge in [0.1, 0.15) is 18.4 Å². The van der Waals surface area contributed by atoms with E-state index in [1.807, 2.05) is 41.5 Å². The van der Waals surface area contributed by atoms with Crippen LogP contribution < -0.4 is 21.1 Å². The molecule has 0 aromatic heterocycles. The lowest BCUT2D eigenvalue weighted by atomic mass is 9.80. The number of hydrogen-bond acceptors (Lipinski definition) is 8. The quantitative estimate of drug-likeness (QED) is 0.140. The molecule has 1 saturated carbocycles. The number of nitrogens with two attached hydrogens (primary N) is 1. The molecule has 13 heteroatoms. The van der Waals surface area contributed by atoms with Crippen molar-refractivity contribution in [2.45, 2.75) is 117 Å². The molecule has 0 spiro atoms. The topological polar surface area (TPSA) is 171 Å². The van der Waals surface area contributed by atoms with Gasteiger partial charge < -0.3 is 31.0 Å². The Balaban J connectivity index is 0.000000413. The number of ketones is 1. The maximum atomic E-state index is 13.2. The number of thiol groups is 1. The molecule has 1 aliphatic carbocycles. The Hall–Kier alpha value is -2.67. The van der Waals surface area contributed by atoms with Gasteiger partial charge in [-0.05, 0) is 48.9 Å². The summed E-state index contributed by atoms with van der Waals surface area (Å²) in [5.74, 6) is -1.25. The summed E-state index contributed by atoms with van der Waals surface area (Å²) < 4.78 is 2.53. The second-order valence-corrected chi connectivity index (χ2v) is 14.3. The maximum absolute atomic E-state index is 13.2. The van der Waals surface area contributed by atoms with Crippen LogP contribution in [-0.4, -0.2) is 89.4 Å². The van der Waals surface area contributed by atoms with Gasteiger partial charge in [0.15, 0.2) is 0 Å².